The molecule has 0 aliphatic carbocycles. The van der Waals surface area contributed by atoms with Gasteiger partial charge in [0, 0.05) is 0 Å². The Labute approximate surface area is 79.5 Å². The van der Waals surface area contributed by atoms with E-state index in [1.807, 2.05) is 0 Å². The molecule has 0 rings (SSSR count). The van der Waals surface area contributed by atoms with Crippen molar-refractivity contribution in [2.75, 3.05) is 0 Å². The van der Waals surface area contributed by atoms with E-state index in [0.29, 0.717) is 0 Å². The Balaban J connectivity index is 3.71. The van der Waals surface area contributed by atoms with Gasteiger partial charge in [-0.2, -0.15) is 0 Å². The average Bonchev–Trinajstić information content (AvgIpc) is 1.53. The number of carbonyl (C=O) groups excluding carboxylic acids is 1. The Morgan fingerprint density at radius 3 is 2.09 bits per heavy atom. The molecule has 0 aromatic carbocycles. The first-order valence-corrected chi connectivity index (χ1v) is 3.91. The van der Waals surface area contributed by atoms with Crippen LogP contribution in [0.2, 0.25) is 0 Å². The highest BCUT2D eigenvalue weighted by atomic mass is 35.6. The van der Waals surface area contributed by atoms with Crippen molar-refractivity contribution in [1.82, 2.24) is 0 Å². The molecular formula is C5H7Cl3O3. The summed E-state index contributed by atoms with van der Waals surface area (Å²) >= 11 is 15.4. The zero-order chi connectivity index (χ0) is 9.07. The van der Waals surface area contributed by atoms with Gasteiger partial charge in [0.2, 0.25) is 0 Å². The molecule has 0 bridgehead atoms. The lowest BCUT2D eigenvalue weighted by molar-refractivity contribution is 0.0325. The van der Waals surface area contributed by atoms with Gasteiger partial charge in [0.05, 0.1) is 6.10 Å². The molecule has 0 saturated heterocycles. The van der Waals surface area contributed by atoms with Crippen molar-refractivity contribution in [1.29, 1.82) is 0 Å². The third-order valence-electron chi connectivity index (χ3n) is 0.531. The third kappa shape index (κ3) is 8.04. The summed E-state index contributed by atoms with van der Waals surface area (Å²) in [5, 5.41) is 0. The zero-order valence-electron chi connectivity index (χ0n) is 5.94. The molecule has 0 fully saturated rings. The summed E-state index contributed by atoms with van der Waals surface area (Å²) in [6.45, 7) is 3.30. The van der Waals surface area contributed by atoms with Crippen LogP contribution >= 0.6 is 34.8 Å². The number of carbonyl (C=O) groups is 1. The maximum Gasteiger partial charge on any atom is 0.512 e. The van der Waals surface area contributed by atoms with Crippen molar-refractivity contribution in [3.8, 4) is 0 Å². The molecule has 0 spiro atoms. The fraction of sp³-hybridized carbons (Fsp3) is 0.800. The number of hydrogen-bond donors (Lipinski definition) is 0. The van der Waals surface area contributed by atoms with Crippen LogP contribution in [0.4, 0.5) is 4.79 Å². The van der Waals surface area contributed by atoms with Crippen molar-refractivity contribution >= 4 is 41.0 Å². The van der Waals surface area contributed by atoms with E-state index >= 15 is 0 Å². The van der Waals surface area contributed by atoms with Gasteiger partial charge < -0.3 is 9.47 Å². The van der Waals surface area contributed by atoms with E-state index in [0.717, 1.165) is 0 Å². The molecule has 0 aliphatic heterocycles. The second-order valence-electron chi connectivity index (χ2n) is 1.96. The minimum Gasteiger partial charge on any atom is -0.431 e. The SMILES string of the molecule is CC(C)OC(=O)OC(Cl)(Cl)Cl. The van der Waals surface area contributed by atoms with Crippen LogP contribution in [0.15, 0.2) is 0 Å². The van der Waals surface area contributed by atoms with Crippen LogP contribution in [-0.4, -0.2) is 16.2 Å². The number of ether oxygens (including phenoxy) is 2. The minimum atomic E-state index is -2.05. The average molecular weight is 221 g/mol. The molecule has 0 aliphatic rings. The zero-order valence-corrected chi connectivity index (χ0v) is 8.20. The molecule has 0 heterocycles. The van der Waals surface area contributed by atoms with Gasteiger partial charge in [0.1, 0.15) is 0 Å². The topological polar surface area (TPSA) is 35.5 Å². The first-order chi connectivity index (χ1) is 4.81. The predicted octanol–water partition coefficient (Wildman–Crippen LogP) is 2.88. The summed E-state index contributed by atoms with van der Waals surface area (Å²) in [7, 11) is 0. The van der Waals surface area contributed by atoms with Crippen LogP contribution in [0.5, 0.6) is 0 Å². The Morgan fingerprint density at radius 1 is 1.36 bits per heavy atom. The van der Waals surface area contributed by atoms with Crippen LogP contribution < -0.4 is 0 Å². The van der Waals surface area contributed by atoms with Crippen LogP contribution in [0.3, 0.4) is 0 Å². The molecule has 0 atom stereocenters. The molecule has 66 valence electrons. The van der Waals surface area contributed by atoms with Crippen molar-refractivity contribution in [2.24, 2.45) is 0 Å². The number of rotatable bonds is 1. The van der Waals surface area contributed by atoms with Crippen molar-refractivity contribution in [2.45, 2.75) is 23.9 Å². The number of hydrogen-bond acceptors (Lipinski definition) is 3. The first-order valence-electron chi connectivity index (χ1n) is 2.77. The molecule has 0 aromatic heterocycles. The van der Waals surface area contributed by atoms with E-state index in [-0.39, 0.29) is 6.10 Å². The Hall–Kier alpha value is 0.140. The van der Waals surface area contributed by atoms with Crippen molar-refractivity contribution < 1.29 is 14.3 Å². The second kappa shape index (κ2) is 4.24. The molecule has 0 amide bonds. The van der Waals surface area contributed by atoms with E-state index in [9.17, 15) is 4.79 Å². The number of alkyl halides is 3. The predicted molar refractivity (Wildman–Crippen MR) is 43.0 cm³/mol. The largest absolute Gasteiger partial charge is 0.512 e. The lowest BCUT2D eigenvalue weighted by atomic mass is 10.5. The van der Waals surface area contributed by atoms with Gasteiger partial charge in [0.15, 0.2) is 0 Å². The van der Waals surface area contributed by atoms with Crippen LogP contribution in [0.25, 0.3) is 0 Å². The summed E-state index contributed by atoms with van der Waals surface area (Å²) in [4.78, 5) is 10.6. The maximum atomic E-state index is 10.6. The van der Waals surface area contributed by atoms with Crippen LogP contribution in [0, 0.1) is 0 Å². The molecule has 11 heavy (non-hydrogen) atoms. The lowest BCUT2D eigenvalue weighted by Gasteiger charge is -2.13. The standard InChI is InChI=1S/C5H7Cl3O3/c1-3(2)10-4(9)11-5(6,7)8/h3H,1-2H3. The van der Waals surface area contributed by atoms with Crippen molar-refractivity contribution in [3.63, 3.8) is 0 Å². The van der Waals surface area contributed by atoms with E-state index < -0.39 is 10.1 Å². The monoisotopic (exact) mass is 220 g/mol. The van der Waals surface area contributed by atoms with E-state index in [4.69, 9.17) is 34.8 Å². The fourth-order valence-electron chi connectivity index (χ4n) is 0.311. The normalized spacial score (nSPS) is 11.5. The highest BCUT2D eigenvalue weighted by Crippen LogP contribution is 2.27. The van der Waals surface area contributed by atoms with E-state index in [1.165, 1.54) is 0 Å². The molecule has 0 radical (unpaired) electrons. The van der Waals surface area contributed by atoms with E-state index in [2.05, 4.69) is 9.47 Å². The summed E-state index contributed by atoms with van der Waals surface area (Å²) in [6.07, 6.45) is -1.30. The van der Waals surface area contributed by atoms with Gasteiger partial charge in [-0.1, -0.05) is 0 Å². The van der Waals surface area contributed by atoms with Gasteiger partial charge in [-0.25, -0.2) is 4.79 Å². The molecule has 6 heteroatoms. The van der Waals surface area contributed by atoms with Crippen LogP contribution in [-0.2, 0) is 9.47 Å². The first kappa shape index (κ1) is 11.1. The molecule has 0 aromatic rings. The van der Waals surface area contributed by atoms with Gasteiger partial charge in [-0.05, 0) is 48.7 Å². The molecule has 0 unspecified atom stereocenters. The summed E-state index contributed by atoms with van der Waals surface area (Å²) in [5.41, 5.74) is 0. The fourth-order valence-corrected chi connectivity index (χ4v) is 0.500. The minimum absolute atomic E-state index is 0.296. The Morgan fingerprint density at radius 2 is 1.82 bits per heavy atom. The molecular weight excluding hydrogens is 214 g/mol. The quantitative estimate of drug-likeness (QED) is 0.504. The highest BCUT2D eigenvalue weighted by Gasteiger charge is 2.26. The van der Waals surface area contributed by atoms with Crippen LogP contribution in [0.1, 0.15) is 13.8 Å². The molecule has 0 N–H and O–H groups in total. The third-order valence-corrected chi connectivity index (χ3v) is 0.762. The van der Waals surface area contributed by atoms with Gasteiger partial charge >= 0.3 is 10.1 Å². The summed E-state index contributed by atoms with van der Waals surface area (Å²) in [6, 6.07) is 0. The summed E-state index contributed by atoms with van der Waals surface area (Å²) < 4.78 is 6.65. The Kier molecular flexibility index (Phi) is 4.29. The maximum absolute atomic E-state index is 10.6. The van der Waals surface area contributed by atoms with Gasteiger partial charge in [-0.15, -0.1) is 0 Å². The van der Waals surface area contributed by atoms with Gasteiger partial charge in [0.25, 0.3) is 0 Å². The lowest BCUT2D eigenvalue weighted by Crippen LogP contribution is -2.19. The Bertz CT molecular complexity index is 140. The second-order valence-corrected chi connectivity index (χ2v) is 4.14. The van der Waals surface area contributed by atoms with Crippen molar-refractivity contribution in [3.05, 3.63) is 0 Å². The van der Waals surface area contributed by atoms with E-state index in [1.54, 1.807) is 13.8 Å². The summed E-state index contributed by atoms with van der Waals surface area (Å²) in [5.74, 6) is 0. The smallest absolute Gasteiger partial charge is 0.431 e. The highest BCUT2D eigenvalue weighted by molar-refractivity contribution is 6.66. The van der Waals surface area contributed by atoms with Gasteiger partial charge in [-0.3, -0.25) is 0 Å². The molecule has 0 saturated carbocycles. The number of halogens is 3. The molecule has 3 nitrogen and oxygen atoms in total.